The highest BCUT2D eigenvalue weighted by Gasteiger charge is 2.10. The summed E-state index contributed by atoms with van der Waals surface area (Å²) in [5.74, 6) is -0.162. The van der Waals surface area contributed by atoms with Crippen LogP contribution in [0.1, 0.15) is 15.9 Å². The van der Waals surface area contributed by atoms with Crippen molar-refractivity contribution >= 4 is 34.0 Å². The minimum Gasteiger partial charge on any atom is -0.356 e. The number of hydrogen-bond donors (Lipinski definition) is 1. The van der Waals surface area contributed by atoms with Gasteiger partial charge in [0.05, 0.1) is 5.75 Å². The number of carbonyl (C=O) groups is 1. The summed E-state index contributed by atoms with van der Waals surface area (Å²) >= 11 is 2.74. The van der Waals surface area contributed by atoms with Crippen LogP contribution in [0.5, 0.6) is 0 Å². The molecular formula is C17H14FN3OS2. The van der Waals surface area contributed by atoms with Crippen LogP contribution < -0.4 is 5.32 Å². The van der Waals surface area contributed by atoms with Crippen LogP contribution in [0.25, 0.3) is 0 Å². The molecular weight excluding hydrogens is 345 g/mol. The van der Waals surface area contributed by atoms with Gasteiger partial charge in [-0.1, -0.05) is 53.4 Å². The maximum Gasteiger partial charge on any atom is 0.206 e. The molecule has 0 saturated heterocycles. The Labute approximate surface area is 147 Å². The standard InChI is InChI=1S/C17H14FN3OS2/c18-14-8-6-13(7-9-14)15(22)11-23-17-21-20-16(24-17)19-10-12-4-2-1-3-5-12/h1-9H,10-11H2,(H,19,20). The van der Waals surface area contributed by atoms with E-state index in [1.54, 1.807) is 0 Å². The van der Waals surface area contributed by atoms with E-state index in [1.165, 1.54) is 47.4 Å². The van der Waals surface area contributed by atoms with Crippen LogP contribution in [0.15, 0.2) is 58.9 Å². The molecule has 0 amide bonds. The molecule has 0 atom stereocenters. The fraction of sp³-hybridized carbons (Fsp3) is 0.118. The number of thioether (sulfide) groups is 1. The molecule has 3 rings (SSSR count). The largest absolute Gasteiger partial charge is 0.356 e. The van der Waals surface area contributed by atoms with Gasteiger partial charge < -0.3 is 5.32 Å². The zero-order valence-corrected chi connectivity index (χ0v) is 14.2. The van der Waals surface area contributed by atoms with E-state index < -0.39 is 0 Å². The average Bonchev–Trinajstić information content (AvgIpc) is 3.07. The van der Waals surface area contributed by atoms with E-state index in [0.717, 1.165) is 15.0 Å². The second-order valence-corrected chi connectivity index (χ2v) is 7.13. The van der Waals surface area contributed by atoms with Crippen molar-refractivity contribution < 1.29 is 9.18 Å². The predicted molar refractivity (Wildman–Crippen MR) is 95.1 cm³/mol. The van der Waals surface area contributed by atoms with Crippen molar-refractivity contribution in [3.63, 3.8) is 0 Å². The van der Waals surface area contributed by atoms with E-state index in [4.69, 9.17) is 0 Å². The molecule has 24 heavy (non-hydrogen) atoms. The third kappa shape index (κ3) is 4.62. The van der Waals surface area contributed by atoms with Crippen LogP contribution in [0.3, 0.4) is 0 Å². The fourth-order valence-electron chi connectivity index (χ4n) is 1.96. The maximum absolute atomic E-state index is 12.9. The van der Waals surface area contributed by atoms with Crippen LogP contribution in [0.2, 0.25) is 0 Å². The van der Waals surface area contributed by atoms with Gasteiger partial charge in [-0.05, 0) is 29.8 Å². The van der Waals surface area contributed by atoms with Crippen molar-refractivity contribution in [2.24, 2.45) is 0 Å². The lowest BCUT2D eigenvalue weighted by atomic mass is 10.1. The Morgan fingerprint density at radius 1 is 1.08 bits per heavy atom. The molecule has 0 bridgehead atoms. The molecule has 7 heteroatoms. The van der Waals surface area contributed by atoms with Crippen LogP contribution >= 0.6 is 23.1 Å². The molecule has 2 aromatic carbocycles. The number of carbonyl (C=O) groups excluding carboxylic acids is 1. The minimum absolute atomic E-state index is 0.0611. The molecule has 1 heterocycles. The summed E-state index contributed by atoms with van der Waals surface area (Å²) in [6, 6.07) is 15.6. The lowest BCUT2D eigenvalue weighted by molar-refractivity contribution is 0.102. The molecule has 1 N–H and O–H groups in total. The van der Waals surface area contributed by atoms with Gasteiger partial charge in [0.15, 0.2) is 10.1 Å². The Bertz CT molecular complexity index is 806. The van der Waals surface area contributed by atoms with Gasteiger partial charge in [0.25, 0.3) is 0 Å². The zero-order valence-electron chi connectivity index (χ0n) is 12.6. The highest BCUT2D eigenvalue weighted by atomic mass is 32.2. The Morgan fingerprint density at radius 3 is 2.58 bits per heavy atom. The minimum atomic E-state index is -0.350. The summed E-state index contributed by atoms with van der Waals surface area (Å²) in [5, 5.41) is 12.1. The van der Waals surface area contributed by atoms with Crippen molar-refractivity contribution in [3.05, 3.63) is 71.5 Å². The van der Waals surface area contributed by atoms with Gasteiger partial charge >= 0.3 is 0 Å². The number of ketones is 1. The molecule has 1 aromatic heterocycles. The molecule has 0 saturated carbocycles. The smallest absolute Gasteiger partial charge is 0.206 e. The number of aromatic nitrogens is 2. The molecule has 0 spiro atoms. The molecule has 3 aromatic rings. The number of benzene rings is 2. The number of anilines is 1. The summed E-state index contributed by atoms with van der Waals surface area (Å²) in [6.45, 7) is 0.675. The molecule has 0 fully saturated rings. The van der Waals surface area contributed by atoms with Gasteiger partial charge in [0.1, 0.15) is 5.82 Å². The van der Waals surface area contributed by atoms with E-state index in [-0.39, 0.29) is 17.4 Å². The predicted octanol–water partition coefficient (Wildman–Crippen LogP) is 4.26. The first-order chi connectivity index (χ1) is 11.7. The van der Waals surface area contributed by atoms with Gasteiger partial charge in [-0.3, -0.25) is 4.79 Å². The normalized spacial score (nSPS) is 10.5. The Balaban J connectivity index is 1.50. The van der Waals surface area contributed by atoms with E-state index in [1.807, 2.05) is 30.3 Å². The lowest BCUT2D eigenvalue weighted by Gasteiger charge is -2.01. The molecule has 4 nitrogen and oxygen atoms in total. The summed E-state index contributed by atoms with van der Waals surface area (Å²) in [5.41, 5.74) is 1.66. The van der Waals surface area contributed by atoms with Crippen molar-refractivity contribution in [1.29, 1.82) is 0 Å². The molecule has 0 unspecified atom stereocenters. The third-order valence-corrected chi connectivity index (χ3v) is 5.20. The number of hydrogen-bond acceptors (Lipinski definition) is 6. The highest BCUT2D eigenvalue weighted by Crippen LogP contribution is 2.26. The van der Waals surface area contributed by atoms with E-state index in [9.17, 15) is 9.18 Å². The number of Topliss-reactive ketones (excluding diaryl/α,β-unsaturated/α-hetero) is 1. The summed E-state index contributed by atoms with van der Waals surface area (Å²) in [6.07, 6.45) is 0. The van der Waals surface area contributed by atoms with Crippen LogP contribution in [0, 0.1) is 5.82 Å². The van der Waals surface area contributed by atoms with Crippen LogP contribution in [-0.2, 0) is 6.54 Å². The van der Waals surface area contributed by atoms with Crippen molar-refractivity contribution in [2.75, 3.05) is 11.1 Å². The van der Waals surface area contributed by atoms with Crippen molar-refractivity contribution in [3.8, 4) is 0 Å². The second-order valence-electron chi connectivity index (χ2n) is 4.93. The number of nitrogens with one attached hydrogen (secondary N) is 1. The van der Waals surface area contributed by atoms with Gasteiger partial charge in [0, 0.05) is 12.1 Å². The first-order valence-corrected chi connectivity index (χ1v) is 9.04. The van der Waals surface area contributed by atoms with Crippen molar-refractivity contribution in [1.82, 2.24) is 10.2 Å². The highest BCUT2D eigenvalue weighted by molar-refractivity contribution is 8.01. The quantitative estimate of drug-likeness (QED) is 0.504. The van der Waals surface area contributed by atoms with E-state index >= 15 is 0 Å². The second kappa shape index (κ2) is 8.03. The Kier molecular flexibility index (Phi) is 5.55. The van der Waals surface area contributed by atoms with Gasteiger partial charge in [-0.25, -0.2) is 4.39 Å². The fourth-order valence-corrected chi connectivity index (χ4v) is 3.60. The van der Waals surface area contributed by atoms with E-state index in [2.05, 4.69) is 15.5 Å². The van der Waals surface area contributed by atoms with Crippen LogP contribution in [0.4, 0.5) is 9.52 Å². The van der Waals surface area contributed by atoms with Crippen molar-refractivity contribution in [2.45, 2.75) is 10.9 Å². The zero-order chi connectivity index (χ0) is 16.8. The lowest BCUT2D eigenvalue weighted by Crippen LogP contribution is -2.01. The monoisotopic (exact) mass is 359 g/mol. The third-order valence-electron chi connectivity index (χ3n) is 3.19. The summed E-state index contributed by atoms with van der Waals surface area (Å²) in [4.78, 5) is 12.0. The van der Waals surface area contributed by atoms with Gasteiger partial charge in [-0.15, -0.1) is 10.2 Å². The first kappa shape index (κ1) is 16.6. The average molecular weight is 359 g/mol. The summed E-state index contributed by atoms with van der Waals surface area (Å²) < 4.78 is 13.6. The molecule has 0 aliphatic rings. The number of rotatable bonds is 7. The molecule has 0 aliphatic heterocycles. The first-order valence-electron chi connectivity index (χ1n) is 7.23. The summed E-state index contributed by atoms with van der Waals surface area (Å²) in [7, 11) is 0. The maximum atomic E-state index is 12.9. The van der Waals surface area contributed by atoms with E-state index in [0.29, 0.717) is 12.1 Å². The van der Waals surface area contributed by atoms with Crippen LogP contribution in [-0.4, -0.2) is 21.7 Å². The van der Waals surface area contributed by atoms with Gasteiger partial charge in [0.2, 0.25) is 5.13 Å². The Hall–Kier alpha value is -2.25. The topological polar surface area (TPSA) is 54.9 Å². The molecule has 0 aliphatic carbocycles. The molecule has 0 radical (unpaired) electrons. The SMILES string of the molecule is O=C(CSc1nnc(NCc2ccccc2)s1)c1ccc(F)cc1. The Morgan fingerprint density at radius 2 is 1.83 bits per heavy atom. The molecule has 122 valence electrons. The van der Waals surface area contributed by atoms with Gasteiger partial charge in [-0.2, -0.15) is 0 Å². The number of nitrogens with zero attached hydrogens (tertiary/aromatic N) is 2. The number of halogens is 1.